The van der Waals surface area contributed by atoms with Crippen molar-refractivity contribution < 1.29 is 14.6 Å². The number of carbonyl (C=O) groups is 1. The summed E-state index contributed by atoms with van der Waals surface area (Å²) in [5.41, 5.74) is 0.663. The molecule has 1 atom stereocenters. The highest BCUT2D eigenvalue weighted by Gasteiger charge is 2.11. The van der Waals surface area contributed by atoms with Gasteiger partial charge in [-0.15, -0.1) is 0 Å². The Bertz CT molecular complexity index is 677. The molecule has 0 saturated heterocycles. The Labute approximate surface area is 148 Å². The van der Waals surface area contributed by atoms with Crippen LogP contribution in [-0.2, 0) is 4.79 Å². The lowest BCUT2D eigenvalue weighted by Gasteiger charge is -2.13. The van der Waals surface area contributed by atoms with Crippen molar-refractivity contribution in [3.8, 4) is 5.75 Å². The van der Waals surface area contributed by atoms with Crippen LogP contribution in [0.2, 0.25) is 15.1 Å². The minimum absolute atomic E-state index is 0.0676. The van der Waals surface area contributed by atoms with Crippen molar-refractivity contribution in [2.45, 2.75) is 6.10 Å². The van der Waals surface area contributed by atoms with E-state index < -0.39 is 6.10 Å². The molecule has 7 heteroatoms. The average Bonchev–Trinajstić information content (AvgIpc) is 2.52. The van der Waals surface area contributed by atoms with E-state index in [-0.39, 0.29) is 19.1 Å². The SMILES string of the molecule is O=C(COc1ccc(Cl)cc1Cl)NCC(O)c1ccc(Cl)cc1. The lowest BCUT2D eigenvalue weighted by atomic mass is 10.1. The van der Waals surface area contributed by atoms with E-state index in [2.05, 4.69) is 5.32 Å². The van der Waals surface area contributed by atoms with E-state index in [0.717, 1.165) is 0 Å². The molecule has 0 aliphatic carbocycles. The average molecular weight is 375 g/mol. The third-order valence-electron chi connectivity index (χ3n) is 3.00. The van der Waals surface area contributed by atoms with Gasteiger partial charge in [0, 0.05) is 16.6 Å². The summed E-state index contributed by atoms with van der Waals surface area (Å²) in [5.74, 6) is -0.00602. The Kier molecular flexibility index (Phi) is 6.54. The van der Waals surface area contributed by atoms with Crippen LogP contribution in [0.25, 0.3) is 0 Å². The van der Waals surface area contributed by atoms with Gasteiger partial charge in [0.05, 0.1) is 11.1 Å². The van der Waals surface area contributed by atoms with E-state index in [1.807, 2.05) is 0 Å². The van der Waals surface area contributed by atoms with Gasteiger partial charge in [-0.25, -0.2) is 0 Å². The number of aliphatic hydroxyl groups is 1. The number of benzene rings is 2. The van der Waals surface area contributed by atoms with Crippen LogP contribution in [0.4, 0.5) is 0 Å². The first-order valence-corrected chi connectivity index (χ1v) is 7.87. The number of halogens is 3. The van der Waals surface area contributed by atoms with Crippen LogP contribution in [-0.4, -0.2) is 24.2 Å². The Hall–Kier alpha value is -1.46. The van der Waals surface area contributed by atoms with E-state index in [9.17, 15) is 9.90 Å². The summed E-state index contributed by atoms with van der Waals surface area (Å²) in [6.45, 7) is -0.146. The van der Waals surface area contributed by atoms with Crippen molar-refractivity contribution in [2.75, 3.05) is 13.2 Å². The van der Waals surface area contributed by atoms with Crippen LogP contribution in [0, 0.1) is 0 Å². The van der Waals surface area contributed by atoms with Crippen LogP contribution in [0.3, 0.4) is 0 Å². The van der Waals surface area contributed by atoms with E-state index in [1.54, 1.807) is 36.4 Å². The molecule has 2 aromatic carbocycles. The van der Waals surface area contributed by atoms with Gasteiger partial charge in [-0.1, -0.05) is 46.9 Å². The van der Waals surface area contributed by atoms with Gasteiger partial charge in [0.15, 0.2) is 6.61 Å². The molecule has 1 amide bonds. The van der Waals surface area contributed by atoms with E-state index in [0.29, 0.717) is 26.4 Å². The molecule has 23 heavy (non-hydrogen) atoms. The van der Waals surface area contributed by atoms with Gasteiger partial charge in [0.2, 0.25) is 0 Å². The van der Waals surface area contributed by atoms with Gasteiger partial charge in [-0.3, -0.25) is 4.79 Å². The van der Waals surface area contributed by atoms with Crippen LogP contribution in [0.15, 0.2) is 42.5 Å². The highest BCUT2D eigenvalue weighted by molar-refractivity contribution is 6.35. The number of aliphatic hydroxyl groups excluding tert-OH is 1. The molecule has 4 nitrogen and oxygen atoms in total. The van der Waals surface area contributed by atoms with Gasteiger partial charge in [0.25, 0.3) is 5.91 Å². The monoisotopic (exact) mass is 373 g/mol. The summed E-state index contributed by atoms with van der Waals surface area (Å²) >= 11 is 17.5. The van der Waals surface area contributed by atoms with E-state index >= 15 is 0 Å². The van der Waals surface area contributed by atoms with Crippen LogP contribution < -0.4 is 10.1 Å². The van der Waals surface area contributed by atoms with Crippen molar-refractivity contribution in [1.29, 1.82) is 0 Å². The van der Waals surface area contributed by atoms with E-state index in [4.69, 9.17) is 39.5 Å². The molecular weight excluding hydrogens is 361 g/mol. The van der Waals surface area contributed by atoms with Gasteiger partial charge in [0.1, 0.15) is 5.75 Å². The van der Waals surface area contributed by atoms with Crippen molar-refractivity contribution >= 4 is 40.7 Å². The molecule has 0 spiro atoms. The molecule has 0 fully saturated rings. The fraction of sp³-hybridized carbons (Fsp3) is 0.188. The summed E-state index contributed by atoms with van der Waals surface area (Å²) in [6, 6.07) is 11.5. The number of hydrogen-bond acceptors (Lipinski definition) is 3. The minimum Gasteiger partial charge on any atom is -0.482 e. The van der Waals surface area contributed by atoms with Gasteiger partial charge < -0.3 is 15.2 Å². The maximum atomic E-state index is 11.7. The second-order valence-electron chi connectivity index (χ2n) is 4.73. The zero-order valence-electron chi connectivity index (χ0n) is 11.9. The second kappa shape index (κ2) is 8.41. The molecule has 1 unspecified atom stereocenters. The first-order chi connectivity index (χ1) is 11.0. The summed E-state index contributed by atoms with van der Waals surface area (Å²) in [7, 11) is 0. The zero-order valence-corrected chi connectivity index (χ0v) is 14.2. The number of rotatable bonds is 6. The third-order valence-corrected chi connectivity index (χ3v) is 3.78. The molecule has 2 N–H and O–H groups in total. The summed E-state index contributed by atoms with van der Waals surface area (Å²) in [5, 5.41) is 14.0. The molecule has 0 bridgehead atoms. The normalized spacial score (nSPS) is 11.8. The van der Waals surface area contributed by atoms with Gasteiger partial charge in [-0.05, 0) is 35.9 Å². The molecule has 2 rings (SSSR count). The Balaban J connectivity index is 1.79. The minimum atomic E-state index is -0.824. The fourth-order valence-corrected chi connectivity index (χ4v) is 2.39. The fourth-order valence-electron chi connectivity index (χ4n) is 1.80. The van der Waals surface area contributed by atoms with Crippen LogP contribution >= 0.6 is 34.8 Å². The molecule has 2 aromatic rings. The quantitative estimate of drug-likeness (QED) is 0.807. The number of amides is 1. The third kappa shape index (κ3) is 5.59. The predicted octanol–water partition coefficient (Wildman–Crippen LogP) is 3.88. The molecule has 0 aromatic heterocycles. The first-order valence-electron chi connectivity index (χ1n) is 6.74. The predicted molar refractivity (Wildman–Crippen MR) is 91.4 cm³/mol. The van der Waals surface area contributed by atoms with Gasteiger partial charge >= 0.3 is 0 Å². The Morgan fingerprint density at radius 2 is 1.74 bits per heavy atom. The summed E-state index contributed by atoms with van der Waals surface area (Å²) in [4.78, 5) is 11.7. The number of carbonyl (C=O) groups excluding carboxylic acids is 1. The highest BCUT2D eigenvalue weighted by atomic mass is 35.5. The number of ether oxygens (including phenoxy) is 1. The van der Waals surface area contributed by atoms with E-state index in [1.165, 1.54) is 6.07 Å². The van der Waals surface area contributed by atoms with Crippen molar-refractivity contribution in [3.05, 3.63) is 63.1 Å². The molecule has 0 heterocycles. The van der Waals surface area contributed by atoms with Crippen LogP contribution in [0.5, 0.6) is 5.75 Å². The summed E-state index contributed by atoms with van der Waals surface area (Å²) in [6.07, 6.45) is -0.824. The topological polar surface area (TPSA) is 58.6 Å². The lowest BCUT2D eigenvalue weighted by Crippen LogP contribution is -2.32. The molecule has 0 radical (unpaired) electrons. The van der Waals surface area contributed by atoms with Crippen molar-refractivity contribution in [1.82, 2.24) is 5.32 Å². The molecule has 0 aliphatic heterocycles. The van der Waals surface area contributed by atoms with Gasteiger partial charge in [-0.2, -0.15) is 0 Å². The zero-order chi connectivity index (χ0) is 16.8. The smallest absolute Gasteiger partial charge is 0.258 e. The largest absolute Gasteiger partial charge is 0.482 e. The maximum Gasteiger partial charge on any atom is 0.258 e. The molecular formula is C16H14Cl3NO3. The maximum absolute atomic E-state index is 11.7. The van der Waals surface area contributed by atoms with Crippen molar-refractivity contribution in [2.24, 2.45) is 0 Å². The number of hydrogen-bond donors (Lipinski definition) is 2. The Morgan fingerprint density at radius 3 is 2.39 bits per heavy atom. The highest BCUT2D eigenvalue weighted by Crippen LogP contribution is 2.27. The standard InChI is InChI=1S/C16H14Cl3NO3/c17-11-3-1-10(2-4-11)14(21)8-20-16(22)9-23-15-6-5-12(18)7-13(15)19/h1-7,14,21H,8-9H2,(H,20,22). The summed E-state index contributed by atoms with van der Waals surface area (Å²) < 4.78 is 5.31. The van der Waals surface area contributed by atoms with Crippen molar-refractivity contribution in [3.63, 3.8) is 0 Å². The molecule has 0 aliphatic rings. The van der Waals surface area contributed by atoms with Crippen LogP contribution in [0.1, 0.15) is 11.7 Å². The molecule has 0 saturated carbocycles. The lowest BCUT2D eigenvalue weighted by molar-refractivity contribution is -0.123. The molecule has 122 valence electrons. The Morgan fingerprint density at radius 1 is 1.09 bits per heavy atom. The number of nitrogens with one attached hydrogen (secondary N) is 1. The second-order valence-corrected chi connectivity index (χ2v) is 6.01. The first kappa shape index (κ1) is 17.9.